The van der Waals surface area contributed by atoms with Gasteiger partial charge in [-0.15, -0.1) is 0 Å². The van der Waals surface area contributed by atoms with Crippen LogP contribution in [0.15, 0.2) is 0 Å². The summed E-state index contributed by atoms with van der Waals surface area (Å²) in [5.41, 5.74) is -0.650. The van der Waals surface area contributed by atoms with Crippen LogP contribution in [-0.2, 0) is 19.1 Å². The lowest BCUT2D eigenvalue weighted by Crippen LogP contribution is -2.38. The van der Waals surface area contributed by atoms with Crippen molar-refractivity contribution in [2.75, 3.05) is 26.2 Å². The summed E-state index contributed by atoms with van der Waals surface area (Å²) >= 11 is 0. The summed E-state index contributed by atoms with van der Waals surface area (Å²) in [7, 11) is 0. The van der Waals surface area contributed by atoms with Gasteiger partial charge in [0, 0.05) is 13.1 Å². The van der Waals surface area contributed by atoms with E-state index in [0.717, 1.165) is 57.8 Å². The van der Waals surface area contributed by atoms with Crippen LogP contribution in [-0.4, -0.2) is 82.3 Å². The lowest BCUT2D eigenvalue weighted by atomic mass is 9.98. The Morgan fingerprint density at radius 1 is 0.500 bits per heavy atom. The van der Waals surface area contributed by atoms with Crippen LogP contribution in [0.3, 0.4) is 0 Å². The molecule has 0 rings (SSSR count). The molecule has 0 fully saturated rings. The predicted molar refractivity (Wildman–Crippen MR) is 235 cm³/mol. The van der Waals surface area contributed by atoms with Crippen LogP contribution >= 0.6 is 0 Å². The van der Waals surface area contributed by atoms with Gasteiger partial charge in [0.05, 0.1) is 30.7 Å². The van der Waals surface area contributed by atoms with Gasteiger partial charge in [-0.05, 0) is 59.4 Å². The fourth-order valence-corrected chi connectivity index (χ4v) is 7.57. The summed E-state index contributed by atoms with van der Waals surface area (Å²) in [6.07, 6.45) is 31.7. The largest absolute Gasteiger partial charge is 0.463 e. The third-order valence-corrected chi connectivity index (χ3v) is 11.0. The number of nitrogens with zero attached hydrogens (tertiary/aromatic N) is 1. The number of carbonyl (C=O) groups is 2. The van der Waals surface area contributed by atoms with Crippen LogP contribution in [0.25, 0.3) is 0 Å². The zero-order valence-electron chi connectivity index (χ0n) is 38.0. The third-order valence-electron chi connectivity index (χ3n) is 11.0. The first kappa shape index (κ1) is 54.8. The summed E-state index contributed by atoms with van der Waals surface area (Å²) < 4.78 is 11.1. The van der Waals surface area contributed by atoms with E-state index in [2.05, 4.69) is 25.7 Å². The molecule has 0 saturated carbocycles. The zero-order valence-corrected chi connectivity index (χ0v) is 38.0. The van der Waals surface area contributed by atoms with E-state index in [4.69, 9.17) is 9.47 Å². The lowest BCUT2D eigenvalue weighted by molar-refractivity contribution is -0.163. The normalized spacial score (nSPS) is 14.2. The van der Waals surface area contributed by atoms with E-state index in [1.165, 1.54) is 116 Å². The van der Waals surface area contributed by atoms with Gasteiger partial charge < -0.3 is 24.8 Å². The number of ether oxygens (including phenoxy) is 2. The van der Waals surface area contributed by atoms with Crippen LogP contribution in [0.5, 0.6) is 0 Å². The number of rotatable bonds is 41. The van der Waals surface area contributed by atoms with E-state index in [9.17, 15) is 24.9 Å². The Morgan fingerprint density at radius 2 is 0.857 bits per heavy atom. The highest BCUT2D eigenvalue weighted by molar-refractivity contribution is 5.80. The summed E-state index contributed by atoms with van der Waals surface area (Å²) in [4.78, 5) is 28.3. The number of hydrogen-bond acceptors (Lipinski definition) is 8. The second-order valence-electron chi connectivity index (χ2n) is 18.1. The number of unbranched alkanes of at least 4 members (excludes halogenated alkanes) is 22. The fourth-order valence-electron chi connectivity index (χ4n) is 7.57. The second kappa shape index (κ2) is 38.0. The minimum atomic E-state index is -0.704. The van der Waals surface area contributed by atoms with Crippen molar-refractivity contribution in [2.45, 2.75) is 265 Å². The first-order valence-corrected chi connectivity index (χ1v) is 24.1. The lowest BCUT2D eigenvalue weighted by Gasteiger charge is -2.28. The highest BCUT2D eigenvalue weighted by atomic mass is 16.6. The van der Waals surface area contributed by atoms with Crippen LogP contribution in [0, 0.1) is 5.92 Å². The van der Waals surface area contributed by atoms with Gasteiger partial charge in [-0.25, -0.2) is 0 Å². The highest BCUT2D eigenvalue weighted by Crippen LogP contribution is 2.21. The molecule has 0 aromatic rings. The van der Waals surface area contributed by atoms with Crippen LogP contribution in [0.2, 0.25) is 0 Å². The first-order chi connectivity index (χ1) is 26.9. The second-order valence-corrected chi connectivity index (χ2v) is 18.1. The molecule has 8 heteroatoms. The molecule has 3 N–H and O–H groups in total. The molecule has 0 aliphatic carbocycles. The molecule has 334 valence electrons. The molecule has 0 bridgehead atoms. The van der Waals surface area contributed by atoms with E-state index in [0.29, 0.717) is 38.9 Å². The first-order valence-electron chi connectivity index (χ1n) is 24.1. The maximum atomic E-state index is 13.3. The Balaban J connectivity index is 5.08. The van der Waals surface area contributed by atoms with Crippen molar-refractivity contribution in [1.82, 2.24) is 4.90 Å². The van der Waals surface area contributed by atoms with Gasteiger partial charge in [-0.3, -0.25) is 14.5 Å². The minimum absolute atomic E-state index is 0.0530. The fraction of sp³-hybridized carbons (Fsp3) is 0.958. The number of esters is 2. The van der Waals surface area contributed by atoms with Crippen molar-refractivity contribution in [1.29, 1.82) is 0 Å². The molecule has 0 saturated heterocycles. The van der Waals surface area contributed by atoms with Gasteiger partial charge in [0.15, 0.2) is 0 Å². The molecule has 0 spiro atoms. The van der Waals surface area contributed by atoms with Crippen molar-refractivity contribution in [3.8, 4) is 0 Å². The molecule has 4 unspecified atom stereocenters. The zero-order chi connectivity index (χ0) is 41.7. The summed E-state index contributed by atoms with van der Waals surface area (Å²) in [6.45, 7) is 13.9. The number of carbonyl (C=O) groups excluding carboxylic acids is 2. The van der Waals surface area contributed by atoms with Crippen molar-refractivity contribution in [3.63, 3.8) is 0 Å². The average Bonchev–Trinajstić information content (AvgIpc) is 3.14. The minimum Gasteiger partial charge on any atom is -0.463 e. The number of hydrogen-bond donors (Lipinski definition) is 3. The monoisotopic (exact) mass is 798 g/mol. The Hall–Kier alpha value is -1.22. The van der Waals surface area contributed by atoms with Gasteiger partial charge >= 0.3 is 11.9 Å². The quantitative estimate of drug-likeness (QED) is 0.0414. The summed E-state index contributed by atoms with van der Waals surface area (Å²) in [5.74, 6) is -1.52. The number of aliphatic hydroxyl groups is 3. The van der Waals surface area contributed by atoms with Crippen LogP contribution in [0.1, 0.15) is 241 Å². The Kier molecular flexibility index (Phi) is 37.2. The summed E-state index contributed by atoms with van der Waals surface area (Å²) in [6, 6.07) is 0. The Bertz CT molecular complexity index is 850. The van der Waals surface area contributed by atoms with Crippen LogP contribution in [0.4, 0.5) is 0 Å². The topological polar surface area (TPSA) is 117 Å². The molecule has 0 aromatic carbocycles. The van der Waals surface area contributed by atoms with Crippen molar-refractivity contribution < 1.29 is 34.4 Å². The van der Waals surface area contributed by atoms with Crippen molar-refractivity contribution in [3.05, 3.63) is 0 Å². The Morgan fingerprint density at radius 3 is 1.25 bits per heavy atom. The maximum absolute atomic E-state index is 13.3. The molecule has 0 aliphatic heterocycles. The van der Waals surface area contributed by atoms with Gasteiger partial charge in [0.2, 0.25) is 0 Å². The number of aliphatic hydroxyl groups excluding tert-OH is 3. The summed E-state index contributed by atoms with van der Waals surface area (Å²) in [5, 5.41) is 32.6. The molecule has 56 heavy (non-hydrogen) atoms. The van der Waals surface area contributed by atoms with E-state index in [1.807, 2.05) is 20.8 Å². The van der Waals surface area contributed by atoms with E-state index in [1.54, 1.807) is 0 Å². The molecule has 0 aromatic heterocycles. The molecule has 8 nitrogen and oxygen atoms in total. The van der Waals surface area contributed by atoms with Crippen LogP contribution < -0.4 is 0 Å². The SMILES string of the molecule is CCCCCCCCCCC(O)COC(=O)C(CCCCN(CC(O)CCCCCCCCCC)CC(O)CCCCCCCCCC)CC(=O)OC(C)(C)C. The molecular formula is C48H95NO7. The molecule has 0 radical (unpaired) electrons. The van der Waals surface area contributed by atoms with Crippen molar-refractivity contribution >= 4 is 11.9 Å². The molecule has 0 heterocycles. The van der Waals surface area contributed by atoms with E-state index in [-0.39, 0.29) is 13.0 Å². The average molecular weight is 798 g/mol. The standard InChI is InChI=1S/C48H95NO7/c1-7-10-13-16-19-22-25-28-34-43(50)39-49(40-44(51)35-29-26-23-20-17-14-11-8-2)37-32-31-33-42(38-46(53)56-48(4,5)6)47(54)55-41-45(52)36-30-27-24-21-18-15-12-9-3/h42-45,50-52H,7-41H2,1-6H3. The van der Waals surface area contributed by atoms with E-state index >= 15 is 0 Å². The molecular weight excluding hydrogens is 703 g/mol. The highest BCUT2D eigenvalue weighted by Gasteiger charge is 2.27. The van der Waals surface area contributed by atoms with Gasteiger partial charge in [-0.1, -0.05) is 181 Å². The maximum Gasteiger partial charge on any atom is 0.309 e. The van der Waals surface area contributed by atoms with Gasteiger partial charge in [0.1, 0.15) is 12.2 Å². The van der Waals surface area contributed by atoms with E-state index < -0.39 is 41.8 Å². The van der Waals surface area contributed by atoms with Gasteiger partial charge in [0.25, 0.3) is 0 Å². The van der Waals surface area contributed by atoms with Crippen molar-refractivity contribution in [2.24, 2.45) is 5.92 Å². The third kappa shape index (κ3) is 37.1. The molecule has 0 aliphatic rings. The molecule has 4 atom stereocenters. The predicted octanol–water partition coefficient (Wildman–Crippen LogP) is 12.0. The Labute approximate surface area is 347 Å². The van der Waals surface area contributed by atoms with Gasteiger partial charge in [-0.2, -0.15) is 0 Å². The molecule has 0 amide bonds. The smallest absolute Gasteiger partial charge is 0.309 e.